The Balaban J connectivity index is 2.50. The molecule has 0 N–H and O–H groups in total. The van der Waals surface area contributed by atoms with Crippen LogP contribution >= 0.6 is 0 Å². The summed E-state index contributed by atoms with van der Waals surface area (Å²) < 4.78 is 9.10. The number of hydrogen-bond acceptors (Lipinski definition) is 1. The molecule has 0 aliphatic heterocycles. The molecule has 0 aromatic heterocycles. The third kappa shape index (κ3) is 2.81. The molecule has 1 unspecified atom stereocenters. The summed E-state index contributed by atoms with van der Waals surface area (Å²) in [5.74, 6) is 0.939. The van der Waals surface area contributed by atoms with Crippen molar-refractivity contribution in [2.45, 2.75) is 22.7 Å². The minimum atomic E-state index is -2.54. The molecule has 0 saturated carbocycles. The summed E-state index contributed by atoms with van der Waals surface area (Å²) in [6.07, 6.45) is 0. The Labute approximate surface area is 120 Å². The molecule has 0 heterocycles. The van der Waals surface area contributed by atoms with Crippen molar-refractivity contribution in [3.8, 4) is 5.75 Å². The summed E-state index contributed by atoms with van der Waals surface area (Å²) in [7, 11) is 1.72. The van der Waals surface area contributed by atoms with E-state index in [1.54, 1.807) is 10.7 Å². The number of rotatable bonds is 4. The van der Waals surface area contributed by atoms with Gasteiger partial charge in [-0.25, -0.2) is 0 Å². The first-order chi connectivity index (χ1) is 9.09. The molecule has 19 heavy (non-hydrogen) atoms. The van der Waals surface area contributed by atoms with Crippen LogP contribution in [0.2, 0.25) is 8.87 Å². The van der Waals surface area contributed by atoms with Crippen molar-refractivity contribution in [3.63, 3.8) is 0 Å². The van der Waals surface area contributed by atoms with Crippen LogP contribution in [0.25, 0.3) is 0 Å². The van der Waals surface area contributed by atoms with Gasteiger partial charge in [0, 0.05) is 0 Å². The van der Waals surface area contributed by atoms with Gasteiger partial charge < -0.3 is 0 Å². The van der Waals surface area contributed by atoms with Gasteiger partial charge in [0.15, 0.2) is 0 Å². The van der Waals surface area contributed by atoms with Gasteiger partial charge in [-0.15, -0.1) is 0 Å². The van der Waals surface area contributed by atoms with Crippen LogP contribution < -0.4 is 11.9 Å². The third-order valence-corrected chi connectivity index (χ3v) is 19.6. The Morgan fingerprint density at radius 3 is 1.84 bits per heavy atom. The normalized spacial score (nSPS) is 14.2. The first kappa shape index (κ1) is 14.4. The van der Waals surface area contributed by atoms with Gasteiger partial charge in [0.05, 0.1) is 0 Å². The van der Waals surface area contributed by atoms with Crippen LogP contribution in [0.4, 0.5) is 0 Å². The van der Waals surface area contributed by atoms with Crippen molar-refractivity contribution in [2.24, 2.45) is 0 Å². The Kier molecular flexibility index (Phi) is 4.56. The van der Waals surface area contributed by atoms with E-state index in [0.29, 0.717) is 0 Å². The van der Waals surface area contributed by atoms with Gasteiger partial charge in [0.25, 0.3) is 0 Å². The number of benzene rings is 2. The zero-order chi connectivity index (χ0) is 13.9. The molecule has 1 nitrogen and oxygen atoms in total. The van der Waals surface area contributed by atoms with Gasteiger partial charge in [0.2, 0.25) is 0 Å². The maximum absolute atomic E-state index is 5.27. The molecule has 0 saturated heterocycles. The summed E-state index contributed by atoms with van der Waals surface area (Å²) >= 11 is -2.54. The molecule has 2 aromatic rings. The maximum atomic E-state index is 5.27. The predicted octanol–water partition coefficient (Wildman–Crippen LogP) is 3.30. The molecule has 0 aliphatic rings. The standard InChI is InChI=1S/C7H7O.C6H5.C3H7.CH3.Sn/c1-8-7-5-3-2-4-6-7;1-2-4-6-5-3-1;1-3-2;;/h3-6H,1H3;1-5H;3H,1-2H3;1H3;. The fraction of sp³-hybridized carbons (Fsp3) is 0.294. The van der Waals surface area contributed by atoms with Crippen molar-refractivity contribution in [3.05, 3.63) is 54.6 Å². The van der Waals surface area contributed by atoms with Gasteiger partial charge in [-0.1, -0.05) is 0 Å². The molecule has 0 spiro atoms. The molecule has 2 rings (SSSR count). The molecule has 0 radical (unpaired) electrons. The third-order valence-electron chi connectivity index (χ3n) is 4.22. The Hall–Kier alpha value is -0.961. The van der Waals surface area contributed by atoms with Crippen LogP contribution in [0.5, 0.6) is 5.75 Å². The predicted molar refractivity (Wildman–Crippen MR) is 85.4 cm³/mol. The van der Waals surface area contributed by atoms with Crippen molar-refractivity contribution in [1.82, 2.24) is 0 Å². The summed E-state index contributed by atoms with van der Waals surface area (Å²) in [5, 5.41) is 0. The number of hydrogen-bond donors (Lipinski definition) is 0. The second-order valence-corrected chi connectivity index (χ2v) is 18.9. The second-order valence-electron chi connectivity index (χ2n) is 5.45. The van der Waals surface area contributed by atoms with E-state index in [4.69, 9.17) is 4.74 Å². The van der Waals surface area contributed by atoms with Gasteiger partial charge in [-0.3, -0.25) is 0 Å². The molecule has 100 valence electrons. The number of methoxy groups -OCH3 is 1. The molecule has 0 bridgehead atoms. The zero-order valence-electron chi connectivity index (χ0n) is 12.2. The van der Waals surface area contributed by atoms with Crippen LogP contribution in [-0.2, 0) is 0 Å². The molecule has 0 amide bonds. The fourth-order valence-corrected chi connectivity index (χ4v) is 12.3. The summed E-state index contributed by atoms with van der Waals surface area (Å²) in [5.41, 5.74) is 0. The van der Waals surface area contributed by atoms with E-state index in [-0.39, 0.29) is 0 Å². The second kappa shape index (κ2) is 6.00. The number of ether oxygens (including phenoxy) is 1. The molecule has 1 atom stereocenters. The van der Waals surface area contributed by atoms with Crippen LogP contribution in [0.15, 0.2) is 54.6 Å². The first-order valence-corrected chi connectivity index (χ1v) is 14.1. The van der Waals surface area contributed by atoms with E-state index in [9.17, 15) is 0 Å². The average Bonchev–Trinajstić information content (AvgIpc) is 2.47. The van der Waals surface area contributed by atoms with E-state index in [0.717, 1.165) is 9.68 Å². The Bertz CT molecular complexity index is 519. The quantitative estimate of drug-likeness (QED) is 0.760. The van der Waals surface area contributed by atoms with E-state index >= 15 is 0 Å². The van der Waals surface area contributed by atoms with Crippen molar-refractivity contribution in [2.75, 3.05) is 7.11 Å². The van der Waals surface area contributed by atoms with Gasteiger partial charge >= 0.3 is 120 Å². The van der Waals surface area contributed by atoms with Crippen molar-refractivity contribution in [1.29, 1.82) is 0 Å². The molecule has 0 aliphatic carbocycles. The van der Waals surface area contributed by atoms with Crippen LogP contribution in [0.3, 0.4) is 0 Å². The fourth-order valence-electron chi connectivity index (χ4n) is 2.55. The van der Waals surface area contributed by atoms with E-state index in [1.165, 1.54) is 3.58 Å². The van der Waals surface area contributed by atoms with Gasteiger partial charge in [-0.2, -0.15) is 0 Å². The summed E-state index contributed by atoms with van der Waals surface area (Å²) in [4.78, 5) is 2.52. The SMILES string of the molecule is COc1cc[c]([Sn]([CH3])([c]2ccccc2)[CH](C)C)cc1. The molecule has 2 aromatic carbocycles. The van der Waals surface area contributed by atoms with Gasteiger partial charge in [-0.05, 0) is 0 Å². The topological polar surface area (TPSA) is 9.23 Å². The Morgan fingerprint density at radius 2 is 1.37 bits per heavy atom. The van der Waals surface area contributed by atoms with Crippen molar-refractivity contribution >= 4 is 25.5 Å². The van der Waals surface area contributed by atoms with Gasteiger partial charge in [0.1, 0.15) is 0 Å². The van der Waals surface area contributed by atoms with Crippen LogP contribution in [-0.4, -0.2) is 25.5 Å². The average molecular weight is 361 g/mol. The van der Waals surface area contributed by atoms with E-state index in [2.05, 4.69) is 73.4 Å². The summed E-state index contributed by atoms with van der Waals surface area (Å²) in [6.45, 7) is 4.74. The van der Waals surface area contributed by atoms with E-state index < -0.39 is 18.4 Å². The molecular weight excluding hydrogens is 339 g/mol. The summed E-state index contributed by atoms with van der Waals surface area (Å²) in [6, 6.07) is 19.8. The van der Waals surface area contributed by atoms with Crippen molar-refractivity contribution < 1.29 is 4.74 Å². The van der Waals surface area contributed by atoms with E-state index in [1.807, 2.05) is 0 Å². The first-order valence-electron chi connectivity index (χ1n) is 6.79. The molecular formula is C17H22OSn. The molecule has 0 fully saturated rings. The zero-order valence-corrected chi connectivity index (χ0v) is 15.0. The molecule has 2 heteroatoms. The Morgan fingerprint density at radius 1 is 0.842 bits per heavy atom. The van der Waals surface area contributed by atoms with Crippen LogP contribution in [0.1, 0.15) is 13.8 Å². The minimum absolute atomic E-state index is 0.727. The van der Waals surface area contributed by atoms with Crippen LogP contribution in [0, 0.1) is 0 Å². The monoisotopic (exact) mass is 362 g/mol.